The highest BCUT2D eigenvalue weighted by Crippen LogP contribution is 2.35. The molecule has 2 N–H and O–H groups in total. The van der Waals surface area contributed by atoms with E-state index in [1.54, 1.807) is 29.6 Å². The van der Waals surface area contributed by atoms with Crippen LogP contribution in [0.5, 0.6) is 0 Å². The van der Waals surface area contributed by atoms with Crippen LogP contribution in [0.25, 0.3) is 0 Å². The molecule has 1 aromatic heterocycles. The number of esters is 1. The lowest BCUT2D eigenvalue weighted by Crippen LogP contribution is -2.33. The summed E-state index contributed by atoms with van der Waals surface area (Å²) in [4.78, 5) is 23.1. The molecule has 0 radical (unpaired) electrons. The van der Waals surface area contributed by atoms with Crippen molar-refractivity contribution in [2.24, 2.45) is 5.73 Å². The lowest BCUT2D eigenvalue weighted by molar-refractivity contribution is 0.0602. The van der Waals surface area contributed by atoms with Crippen molar-refractivity contribution in [2.45, 2.75) is 30.3 Å². The van der Waals surface area contributed by atoms with Gasteiger partial charge in [-0.05, 0) is 42.0 Å². The van der Waals surface area contributed by atoms with Crippen molar-refractivity contribution < 1.29 is 22.7 Å². The number of hydrogen-bond donors (Lipinski definition) is 1. The monoisotopic (exact) mass is 394 g/mol. The van der Waals surface area contributed by atoms with Crippen molar-refractivity contribution in [1.82, 2.24) is 4.31 Å². The zero-order valence-corrected chi connectivity index (χ0v) is 15.7. The Balaban J connectivity index is 1.91. The minimum absolute atomic E-state index is 0.0324. The number of sulfonamides is 1. The number of rotatable bonds is 7. The van der Waals surface area contributed by atoms with Crippen molar-refractivity contribution in [3.63, 3.8) is 0 Å². The van der Waals surface area contributed by atoms with Crippen molar-refractivity contribution in [3.8, 4) is 0 Å². The van der Waals surface area contributed by atoms with Crippen LogP contribution < -0.4 is 5.73 Å². The highest BCUT2D eigenvalue weighted by atomic mass is 32.2. The maximum absolute atomic E-state index is 13.1. The SMILES string of the molecule is COC(=O)c1sccc1S(=O)(=O)N(Cc1ccc(C(N)=O)cc1)C1CC1. The average Bonchev–Trinajstić information content (AvgIpc) is 3.33. The van der Waals surface area contributed by atoms with Gasteiger partial charge in [0.1, 0.15) is 9.77 Å². The van der Waals surface area contributed by atoms with E-state index >= 15 is 0 Å². The van der Waals surface area contributed by atoms with E-state index in [1.165, 1.54) is 17.5 Å². The topological polar surface area (TPSA) is 107 Å². The number of carbonyl (C=O) groups is 2. The number of primary amides is 1. The average molecular weight is 394 g/mol. The maximum atomic E-state index is 13.1. The van der Waals surface area contributed by atoms with Crippen LogP contribution >= 0.6 is 11.3 Å². The van der Waals surface area contributed by atoms with Gasteiger partial charge in [-0.3, -0.25) is 4.79 Å². The molecule has 26 heavy (non-hydrogen) atoms. The van der Waals surface area contributed by atoms with Crippen LogP contribution in [0.3, 0.4) is 0 Å². The van der Waals surface area contributed by atoms with Crippen molar-refractivity contribution in [1.29, 1.82) is 0 Å². The van der Waals surface area contributed by atoms with Gasteiger partial charge in [0.2, 0.25) is 15.9 Å². The first-order valence-electron chi connectivity index (χ1n) is 7.91. The number of benzene rings is 1. The zero-order chi connectivity index (χ0) is 18.9. The third-order valence-electron chi connectivity index (χ3n) is 4.12. The molecule has 1 aliphatic rings. The molecule has 0 atom stereocenters. The van der Waals surface area contributed by atoms with Gasteiger partial charge in [0, 0.05) is 18.2 Å². The molecule has 0 saturated heterocycles. The predicted molar refractivity (Wildman–Crippen MR) is 96.4 cm³/mol. The molecular weight excluding hydrogens is 376 g/mol. The molecule has 0 aliphatic heterocycles. The number of hydrogen-bond acceptors (Lipinski definition) is 6. The first-order valence-corrected chi connectivity index (χ1v) is 10.2. The Morgan fingerprint density at radius 3 is 2.42 bits per heavy atom. The fourth-order valence-corrected chi connectivity index (χ4v) is 5.58. The zero-order valence-electron chi connectivity index (χ0n) is 14.0. The summed E-state index contributed by atoms with van der Waals surface area (Å²) in [7, 11) is -2.63. The molecule has 2 aromatic rings. The second kappa shape index (κ2) is 7.18. The molecule has 0 spiro atoms. The van der Waals surface area contributed by atoms with E-state index in [0.29, 0.717) is 5.56 Å². The summed E-state index contributed by atoms with van der Waals surface area (Å²) in [6, 6.07) is 7.83. The van der Waals surface area contributed by atoms with E-state index in [4.69, 9.17) is 5.73 Å². The Morgan fingerprint density at radius 1 is 1.23 bits per heavy atom. The number of thiophene rings is 1. The first-order chi connectivity index (χ1) is 12.3. The fourth-order valence-electron chi connectivity index (χ4n) is 2.60. The van der Waals surface area contributed by atoms with Crippen molar-refractivity contribution in [2.75, 3.05) is 7.11 Å². The molecule has 1 aliphatic carbocycles. The van der Waals surface area contributed by atoms with Crippen LogP contribution in [0.15, 0.2) is 40.6 Å². The largest absolute Gasteiger partial charge is 0.465 e. The molecule has 1 aromatic carbocycles. The summed E-state index contributed by atoms with van der Waals surface area (Å²) in [5.41, 5.74) is 6.32. The third-order valence-corrected chi connectivity index (χ3v) is 7.08. The van der Waals surface area contributed by atoms with E-state index in [2.05, 4.69) is 4.74 Å². The Morgan fingerprint density at radius 2 is 1.88 bits per heavy atom. The fraction of sp³-hybridized carbons (Fsp3) is 0.294. The van der Waals surface area contributed by atoms with Crippen LogP contribution in [0.2, 0.25) is 0 Å². The molecule has 0 unspecified atom stereocenters. The summed E-state index contributed by atoms with van der Waals surface area (Å²) >= 11 is 1.04. The molecule has 1 heterocycles. The van der Waals surface area contributed by atoms with Gasteiger partial charge in [-0.1, -0.05) is 12.1 Å². The van der Waals surface area contributed by atoms with Gasteiger partial charge in [0.15, 0.2) is 0 Å². The molecule has 9 heteroatoms. The van der Waals surface area contributed by atoms with Gasteiger partial charge >= 0.3 is 5.97 Å². The molecule has 1 saturated carbocycles. The number of ether oxygens (including phenoxy) is 1. The number of carbonyl (C=O) groups excluding carboxylic acids is 2. The Labute approximate surface area is 155 Å². The molecule has 3 rings (SSSR count). The van der Waals surface area contributed by atoms with Crippen LogP contribution in [0.1, 0.15) is 38.4 Å². The smallest absolute Gasteiger partial charge is 0.349 e. The van der Waals surface area contributed by atoms with E-state index in [1.807, 2.05) is 0 Å². The van der Waals surface area contributed by atoms with Gasteiger partial charge in [0.05, 0.1) is 7.11 Å². The van der Waals surface area contributed by atoms with E-state index < -0.39 is 21.9 Å². The van der Waals surface area contributed by atoms with E-state index in [9.17, 15) is 18.0 Å². The van der Waals surface area contributed by atoms with Crippen molar-refractivity contribution in [3.05, 3.63) is 51.7 Å². The Kier molecular flexibility index (Phi) is 5.12. The molecular formula is C17H18N2O5S2. The predicted octanol–water partition coefficient (Wildman–Crippen LogP) is 1.99. The summed E-state index contributed by atoms with van der Waals surface area (Å²) in [5, 5.41) is 1.56. The van der Waals surface area contributed by atoms with Crippen LogP contribution in [-0.2, 0) is 21.3 Å². The summed E-state index contributed by atoms with van der Waals surface area (Å²) in [6.07, 6.45) is 1.55. The number of nitrogens with two attached hydrogens (primary N) is 1. The van der Waals surface area contributed by atoms with Gasteiger partial charge in [-0.25, -0.2) is 13.2 Å². The quantitative estimate of drug-likeness (QED) is 0.723. The summed E-state index contributed by atoms with van der Waals surface area (Å²) in [5.74, 6) is -1.20. The van der Waals surface area contributed by atoms with Crippen LogP contribution in [0.4, 0.5) is 0 Å². The van der Waals surface area contributed by atoms with Crippen LogP contribution in [-0.4, -0.2) is 37.8 Å². The lowest BCUT2D eigenvalue weighted by atomic mass is 10.1. The second-order valence-corrected chi connectivity index (χ2v) is 8.72. The minimum atomic E-state index is -3.85. The van der Waals surface area contributed by atoms with Crippen LogP contribution in [0, 0.1) is 0 Å². The summed E-state index contributed by atoms with van der Waals surface area (Å²) in [6.45, 7) is 0.155. The number of methoxy groups -OCH3 is 1. The Hall–Kier alpha value is -2.23. The molecule has 0 bridgehead atoms. The van der Waals surface area contributed by atoms with E-state index in [-0.39, 0.29) is 22.4 Å². The van der Waals surface area contributed by atoms with Crippen molar-refractivity contribution >= 4 is 33.2 Å². The number of nitrogens with zero attached hydrogens (tertiary/aromatic N) is 1. The van der Waals surface area contributed by atoms with Gasteiger partial charge < -0.3 is 10.5 Å². The normalized spacial score (nSPS) is 14.4. The molecule has 138 valence electrons. The molecule has 1 fully saturated rings. The Bertz CT molecular complexity index is 930. The maximum Gasteiger partial charge on any atom is 0.349 e. The molecule has 7 nitrogen and oxygen atoms in total. The van der Waals surface area contributed by atoms with Gasteiger partial charge in [-0.2, -0.15) is 4.31 Å². The highest BCUT2D eigenvalue weighted by molar-refractivity contribution is 7.89. The van der Waals surface area contributed by atoms with Gasteiger partial charge in [-0.15, -0.1) is 11.3 Å². The van der Waals surface area contributed by atoms with Gasteiger partial charge in [0.25, 0.3) is 0 Å². The highest BCUT2D eigenvalue weighted by Gasteiger charge is 2.40. The van der Waals surface area contributed by atoms with E-state index in [0.717, 1.165) is 29.7 Å². The molecule has 1 amide bonds. The second-order valence-electron chi connectivity index (χ2n) is 5.95. The lowest BCUT2D eigenvalue weighted by Gasteiger charge is -2.22. The minimum Gasteiger partial charge on any atom is -0.465 e. The first kappa shape index (κ1) is 18.6. The number of amides is 1. The summed E-state index contributed by atoms with van der Waals surface area (Å²) < 4.78 is 32.4. The standard InChI is InChI=1S/C17H18N2O5S2/c1-24-17(21)15-14(8-9-25-15)26(22,23)19(13-6-7-13)10-11-2-4-12(5-3-11)16(18)20/h2-5,8-9,13H,6-7,10H2,1H3,(H2,18,20). The third kappa shape index (κ3) is 3.64.